The minimum absolute atomic E-state index is 0.0357. The molecular weight excluding hydrogens is 389 g/mol. The summed E-state index contributed by atoms with van der Waals surface area (Å²) in [5, 5.41) is 8.80. The van der Waals surface area contributed by atoms with Gasteiger partial charge in [0.05, 0.1) is 28.8 Å². The van der Waals surface area contributed by atoms with Gasteiger partial charge in [-0.1, -0.05) is 24.3 Å². The summed E-state index contributed by atoms with van der Waals surface area (Å²) in [6.07, 6.45) is 3.66. The van der Waals surface area contributed by atoms with E-state index in [1.807, 2.05) is 4.90 Å². The van der Waals surface area contributed by atoms with E-state index in [9.17, 15) is 19.2 Å². The highest BCUT2D eigenvalue weighted by atomic mass is 32.2. The molecule has 0 radical (unpaired) electrons. The highest BCUT2D eigenvalue weighted by Gasteiger charge is 2.35. The van der Waals surface area contributed by atoms with Crippen LogP contribution in [0.1, 0.15) is 29.5 Å². The third-order valence-corrected chi connectivity index (χ3v) is 5.96. The molecule has 0 bridgehead atoms. The normalized spacial score (nSPS) is 18.0. The Balaban J connectivity index is 1.54. The lowest BCUT2D eigenvalue weighted by Crippen LogP contribution is -2.27. The van der Waals surface area contributed by atoms with Crippen molar-refractivity contribution < 1.29 is 14.0 Å². The fourth-order valence-corrected chi connectivity index (χ4v) is 4.39. The van der Waals surface area contributed by atoms with Crippen LogP contribution in [0.5, 0.6) is 0 Å². The van der Waals surface area contributed by atoms with Crippen LogP contribution in [0, 0.1) is 17.1 Å². The maximum Gasteiger partial charge on any atom is 0.293 e. The molecule has 0 saturated carbocycles. The van der Waals surface area contributed by atoms with E-state index < -0.39 is 11.1 Å². The van der Waals surface area contributed by atoms with Crippen molar-refractivity contribution in [2.24, 2.45) is 0 Å². The molecule has 2 aromatic rings. The lowest BCUT2D eigenvalue weighted by Gasteiger charge is -2.18. The lowest BCUT2D eigenvalue weighted by molar-refractivity contribution is -0.123. The molecule has 2 aromatic carbocycles. The molecule has 0 unspecified atom stereocenters. The molecule has 0 aliphatic carbocycles. The van der Waals surface area contributed by atoms with Gasteiger partial charge in [-0.15, -0.1) is 0 Å². The summed E-state index contributed by atoms with van der Waals surface area (Å²) >= 11 is 0.827. The summed E-state index contributed by atoms with van der Waals surface area (Å²) in [6.45, 7) is 1.73. The standard InChI is InChI=1S/C22H18FN3O2S/c23-18-11-15(7-8-19(18)25-9-3-4-10-25)12-20-21(27)26(22(28)29-20)14-17-6-2-1-5-16(17)13-24/h1-2,5-8,11-12H,3-4,9-10,14H2/b20-12+. The molecule has 4 rings (SSSR count). The van der Waals surface area contributed by atoms with Gasteiger partial charge in [-0.2, -0.15) is 5.26 Å². The number of thioether (sulfide) groups is 1. The van der Waals surface area contributed by atoms with Crippen molar-refractivity contribution >= 4 is 34.7 Å². The van der Waals surface area contributed by atoms with Crippen molar-refractivity contribution in [3.05, 3.63) is 69.9 Å². The smallest absolute Gasteiger partial charge is 0.293 e. The number of carbonyl (C=O) groups is 2. The SMILES string of the molecule is N#Cc1ccccc1CN1C(=O)S/C(=C/c2ccc(N3CCCC3)c(F)c2)C1=O. The van der Waals surface area contributed by atoms with Gasteiger partial charge < -0.3 is 4.90 Å². The third kappa shape index (κ3) is 3.89. The molecule has 7 heteroatoms. The van der Waals surface area contributed by atoms with E-state index in [-0.39, 0.29) is 17.3 Å². The summed E-state index contributed by atoms with van der Waals surface area (Å²) in [5.74, 6) is -0.764. The number of nitrogens with zero attached hydrogens (tertiary/aromatic N) is 3. The maximum absolute atomic E-state index is 14.5. The summed E-state index contributed by atoms with van der Waals surface area (Å²) in [4.78, 5) is 28.4. The molecule has 0 N–H and O–H groups in total. The molecule has 146 valence electrons. The number of amides is 2. The molecule has 0 spiro atoms. The van der Waals surface area contributed by atoms with Crippen molar-refractivity contribution in [2.45, 2.75) is 19.4 Å². The Morgan fingerprint density at radius 3 is 2.62 bits per heavy atom. The predicted octanol–water partition coefficient (Wildman–Crippen LogP) is 4.53. The minimum atomic E-state index is -0.434. The number of hydrogen-bond acceptors (Lipinski definition) is 5. The molecule has 0 atom stereocenters. The minimum Gasteiger partial charge on any atom is -0.369 e. The molecule has 2 aliphatic rings. The van der Waals surface area contributed by atoms with E-state index in [0.717, 1.165) is 42.6 Å². The number of halogens is 1. The van der Waals surface area contributed by atoms with Crippen LogP contribution in [0.4, 0.5) is 14.9 Å². The van der Waals surface area contributed by atoms with Crippen molar-refractivity contribution in [3.8, 4) is 6.07 Å². The first-order valence-electron chi connectivity index (χ1n) is 9.34. The van der Waals surface area contributed by atoms with Crippen LogP contribution in [0.2, 0.25) is 0 Å². The number of hydrogen-bond donors (Lipinski definition) is 0. The Morgan fingerprint density at radius 2 is 1.90 bits per heavy atom. The first kappa shape index (κ1) is 19.2. The van der Waals surface area contributed by atoms with E-state index >= 15 is 0 Å². The maximum atomic E-state index is 14.5. The molecule has 2 amide bonds. The zero-order valence-corrected chi connectivity index (χ0v) is 16.4. The topological polar surface area (TPSA) is 64.4 Å². The van der Waals surface area contributed by atoms with Gasteiger partial charge in [-0.25, -0.2) is 4.39 Å². The van der Waals surface area contributed by atoms with Crippen LogP contribution in [-0.2, 0) is 11.3 Å². The van der Waals surface area contributed by atoms with Gasteiger partial charge in [-0.3, -0.25) is 14.5 Å². The fourth-order valence-electron chi connectivity index (χ4n) is 3.55. The van der Waals surface area contributed by atoms with E-state index in [2.05, 4.69) is 6.07 Å². The largest absolute Gasteiger partial charge is 0.369 e. The molecule has 2 saturated heterocycles. The predicted molar refractivity (Wildman–Crippen MR) is 111 cm³/mol. The zero-order valence-electron chi connectivity index (χ0n) is 15.6. The Labute approximate surface area is 172 Å². The Hall–Kier alpha value is -3.11. The monoisotopic (exact) mass is 407 g/mol. The number of benzene rings is 2. The lowest BCUT2D eigenvalue weighted by atomic mass is 10.1. The van der Waals surface area contributed by atoms with E-state index in [1.165, 1.54) is 12.1 Å². The second-order valence-electron chi connectivity index (χ2n) is 6.94. The van der Waals surface area contributed by atoms with Gasteiger partial charge >= 0.3 is 0 Å². The molecule has 2 heterocycles. The second kappa shape index (κ2) is 8.10. The highest BCUT2D eigenvalue weighted by molar-refractivity contribution is 8.18. The van der Waals surface area contributed by atoms with Gasteiger partial charge in [0.2, 0.25) is 0 Å². The molecule has 2 aliphatic heterocycles. The van der Waals surface area contributed by atoms with Crippen molar-refractivity contribution in [2.75, 3.05) is 18.0 Å². The third-order valence-electron chi connectivity index (χ3n) is 5.06. The van der Waals surface area contributed by atoms with E-state index in [0.29, 0.717) is 22.4 Å². The molecule has 0 aromatic heterocycles. The van der Waals surface area contributed by atoms with Crippen LogP contribution in [0.25, 0.3) is 6.08 Å². The highest BCUT2D eigenvalue weighted by Crippen LogP contribution is 2.34. The van der Waals surface area contributed by atoms with E-state index in [1.54, 1.807) is 36.4 Å². The number of anilines is 1. The first-order valence-corrected chi connectivity index (χ1v) is 10.2. The van der Waals surface area contributed by atoms with Crippen molar-refractivity contribution in [1.29, 1.82) is 5.26 Å². The van der Waals surface area contributed by atoms with Gasteiger partial charge in [0.15, 0.2) is 0 Å². The summed E-state index contributed by atoms with van der Waals surface area (Å²) in [5.41, 5.74) is 2.14. The Morgan fingerprint density at radius 1 is 1.14 bits per heavy atom. The number of nitriles is 1. The molecule has 5 nitrogen and oxygen atoms in total. The first-order chi connectivity index (χ1) is 14.1. The molecule has 2 fully saturated rings. The van der Waals surface area contributed by atoms with E-state index in [4.69, 9.17) is 0 Å². The van der Waals surface area contributed by atoms with Gasteiger partial charge in [0.1, 0.15) is 5.82 Å². The van der Waals surface area contributed by atoms with Crippen LogP contribution in [0.3, 0.4) is 0 Å². The summed E-state index contributed by atoms with van der Waals surface area (Å²) < 4.78 is 14.5. The summed E-state index contributed by atoms with van der Waals surface area (Å²) in [6, 6.07) is 13.8. The van der Waals surface area contributed by atoms with Crippen LogP contribution >= 0.6 is 11.8 Å². The molecule has 29 heavy (non-hydrogen) atoms. The summed E-state index contributed by atoms with van der Waals surface area (Å²) in [7, 11) is 0. The Bertz CT molecular complexity index is 1050. The van der Waals surface area contributed by atoms with Crippen LogP contribution in [-0.4, -0.2) is 29.1 Å². The second-order valence-corrected chi connectivity index (χ2v) is 7.94. The van der Waals surface area contributed by atoms with Gasteiger partial charge in [0, 0.05) is 13.1 Å². The Kier molecular flexibility index (Phi) is 5.36. The quantitative estimate of drug-likeness (QED) is 0.697. The van der Waals surface area contributed by atoms with Crippen LogP contribution in [0.15, 0.2) is 47.4 Å². The zero-order chi connectivity index (χ0) is 20.4. The number of carbonyl (C=O) groups excluding carboxylic acids is 2. The van der Waals surface area contributed by atoms with Gasteiger partial charge in [0.25, 0.3) is 11.1 Å². The average molecular weight is 407 g/mol. The molecular formula is C22H18FN3O2S. The van der Waals surface area contributed by atoms with Crippen molar-refractivity contribution in [3.63, 3.8) is 0 Å². The average Bonchev–Trinajstić information content (AvgIpc) is 3.33. The number of imide groups is 1. The number of rotatable bonds is 4. The fraction of sp³-hybridized carbons (Fsp3) is 0.227. The van der Waals surface area contributed by atoms with Crippen LogP contribution < -0.4 is 4.90 Å². The van der Waals surface area contributed by atoms with Crippen molar-refractivity contribution in [1.82, 2.24) is 4.90 Å². The van der Waals surface area contributed by atoms with Gasteiger partial charge in [-0.05, 0) is 60.0 Å².